The summed E-state index contributed by atoms with van der Waals surface area (Å²) in [6.07, 6.45) is 1.66. The van der Waals surface area contributed by atoms with Crippen LogP contribution < -0.4 is 9.80 Å². The van der Waals surface area contributed by atoms with E-state index in [1.165, 1.54) is 0 Å². The molecule has 0 atom stereocenters. The lowest BCUT2D eigenvalue weighted by Gasteiger charge is -2.36. The molecule has 0 aromatic carbocycles. The summed E-state index contributed by atoms with van der Waals surface area (Å²) >= 11 is 1.63. The summed E-state index contributed by atoms with van der Waals surface area (Å²) in [5.41, 5.74) is 1.48. The van der Waals surface area contributed by atoms with Gasteiger partial charge in [0.05, 0.1) is 4.88 Å². The van der Waals surface area contributed by atoms with Crippen LogP contribution in [0.3, 0.4) is 0 Å². The van der Waals surface area contributed by atoms with E-state index in [4.69, 9.17) is 0 Å². The van der Waals surface area contributed by atoms with E-state index in [0.29, 0.717) is 18.8 Å². The van der Waals surface area contributed by atoms with E-state index < -0.39 is 0 Å². The van der Waals surface area contributed by atoms with Crippen molar-refractivity contribution in [3.05, 3.63) is 41.7 Å². The van der Waals surface area contributed by atoms with Gasteiger partial charge in [-0.3, -0.25) is 9.48 Å². The SMILES string of the molecule is CN1CCN(c2cc(N3CCN(C(=O)c4cc(-c5cccs5)nn4C)CC3)ncn2)CC1. The van der Waals surface area contributed by atoms with Crippen LogP contribution in [0.2, 0.25) is 0 Å². The summed E-state index contributed by atoms with van der Waals surface area (Å²) in [6.45, 7) is 6.87. The standard InChI is InChI=1S/C22H28N8OS/c1-26-5-7-28(8-6-26)20-15-21(24-16-23-20)29-9-11-30(12-10-29)22(31)18-14-17(25-27(18)2)19-4-3-13-32-19/h3-4,13-16H,5-12H2,1-2H3. The Bertz CT molecular complexity index is 1070. The van der Waals surface area contributed by atoms with E-state index in [1.54, 1.807) is 22.3 Å². The summed E-state index contributed by atoms with van der Waals surface area (Å²) in [6, 6.07) is 8.00. The smallest absolute Gasteiger partial charge is 0.272 e. The minimum Gasteiger partial charge on any atom is -0.354 e. The van der Waals surface area contributed by atoms with Crippen molar-refractivity contribution in [1.82, 2.24) is 29.5 Å². The summed E-state index contributed by atoms with van der Waals surface area (Å²) in [7, 11) is 3.99. The Balaban J connectivity index is 1.23. The summed E-state index contributed by atoms with van der Waals surface area (Å²) in [4.78, 5) is 32.0. The van der Waals surface area contributed by atoms with Gasteiger partial charge in [-0.2, -0.15) is 5.10 Å². The summed E-state index contributed by atoms with van der Waals surface area (Å²) < 4.78 is 1.69. The molecule has 5 rings (SSSR count). The highest BCUT2D eigenvalue weighted by molar-refractivity contribution is 7.13. The number of likely N-dealkylation sites (N-methyl/N-ethyl adjacent to an activating group) is 1. The molecule has 10 heteroatoms. The molecule has 0 radical (unpaired) electrons. The second-order valence-corrected chi connectivity index (χ2v) is 9.27. The number of hydrogen-bond donors (Lipinski definition) is 0. The van der Waals surface area contributed by atoms with Crippen LogP contribution in [-0.2, 0) is 7.05 Å². The number of amides is 1. The highest BCUT2D eigenvalue weighted by Crippen LogP contribution is 2.25. The van der Waals surface area contributed by atoms with Crippen molar-refractivity contribution in [2.24, 2.45) is 7.05 Å². The largest absolute Gasteiger partial charge is 0.354 e. The van der Waals surface area contributed by atoms with Gasteiger partial charge in [-0.1, -0.05) is 6.07 Å². The van der Waals surface area contributed by atoms with Gasteiger partial charge in [0.1, 0.15) is 29.4 Å². The zero-order valence-electron chi connectivity index (χ0n) is 18.5. The second kappa shape index (κ2) is 8.87. The lowest BCUT2D eigenvalue weighted by Crippen LogP contribution is -2.49. The van der Waals surface area contributed by atoms with Crippen LogP contribution in [0.5, 0.6) is 0 Å². The molecule has 0 N–H and O–H groups in total. The third-order valence-electron chi connectivity index (χ3n) is 6.23. The molecular weight excluding hydrogens is 424 g/mol. The van der Waals surface area contributed by atoms with Gasteiger partial charge < -0.3 is 19.6 Å². The van der Waals surface area contributed by atoms with Crippen molar-refractivity contribution in [3.8, 4) is 10.6 Å². The van der Waals surface area contributed by atoms with Crippen LogP contribution in [0.1, 0.15) is 10.5 Å². The van der Waals surface area contributed by atoms with Crippen LogP contribution >= 0.6 is 11.3 Å². The molecule has 0 saturated carbocycles. The molecule has 0 spiro atoms. The van der Waals surface area contributed by atoms with Crippen LogP contribution in [0.25, 0.3) is 10.6 Å². The van der Waals surface area contributed by atoms with E-state index in [0.717, 1.165) is 61.5 Å². The van der Waals surface area contributed by atoms with Crippen molar-refractivity contribution in [2.75, 3.05) is 69.2 Å². The van der Waals surface area contributed by atoms with Crippen LogP contribution in [0.4, 0.5) is 11.6 Å². The summed E-state index contributed by atoms with van der Waals surface area (Å²) in [5, 5.41) is 6.56. The quantitative estimate of drug-likeness (QED) is 0.596. The zero-order valence-corrected chi connectivity index (χ0v) is 19.3. The zero-order chi connectivity index (χ0) is 22.1. The molecule has 0 bridgehead atoms. The molecule has 3 aromatic rings. The Morgan fingerprint density at radius 1 is 0.906 bits per heavy atom. The van der Waals surface area contributed by atoms with Crippen LogP contribution in [-0.4, -0.2) is 94.9 Å². The highest BCUT2D eigenvalue weighted by atomic mass is 32.1. The minimum atomic E-state index is 0.0308. The molecule has 2 aliphatic rings. The van der Waals surface area contributed by atoms with Gasteiger partial charge in [0, 0.05) is 65.5 Å². The van der Waals surface area contributed by atoms with Crippen molar-refractivity contribution >= 4 is 28.9 Å². The number of nitrogens with zero attached hydrogens (tertiary/aromatic N) is 8. The van der Waals surface area contributed by atoms with Crippen molar-refractivity contribution in [1.29, 1.82) is 0 Å². The van der Waals surface area contributed by atoms with Crippen LogP contribution in [0.15, 0.2) is 36.0 Å². The number of thiophene rings is 1. The molecule has 32 heavy (non-hydrogen) atoms. The Kier molecular flexibility index (Phi) is 5.79. The first-order valence-electron chi connectivity index (χ1n) is 11.0. The van der Waals surface area contributed by atoms with E-state index >= 15 is 0 Å². The molecule has 2 fully saturated rings. The Labute approximate surface area is 191 Å². The summed E-state index contributed by atoms with van der Waals surface area (Å²) in [5.74, 6) is 1.95. The van der Waals surface area contributed by atoms with Gasteiger partial charge in [0.25, 0.3) is 5.91 Å². The second-order valence-electron chi connectivity index (χ2n) is 8.32. The first-order valence-corrected chi connectivity index (χ1v) is 11.8. The Morgan fingerprint density at radius 3 is 2.19 bits per heavy atom. The van der Waals surface area contributed by atoms with Gasteiger partial charge in [-0.25, -0.2) is 9.97 Å². The molecule has 1 amide bonds. The molecule has 5 heterocycles. The fourth-order valence-corrected chi connectivity index (χ4v) is 4.91. The number of hydrogen-bond acceptors (Lipinski definition) is 8. The van der Waals surface area contributed by atoms with Crippen LogP contribution in [0, 0.1) is 0 Å². The predicted octanol–water partition coefficient (Wildman–Crippen LogP) is 1.65. The van der Waals surface area contributed by atoms with Gasteiger partial charge in [0.2, 0.25) is 0 Å². The van der Waals surface area contributed by atoms with E-state index in [9.17, 15) is 4.79 Å². The lowest BCUT2D eigenvalue weighted by atomic mass is 10.2. The fourth-order valence-electron chi connectivity index (χ4n) is 4.23. The van der Waals surface area contributed by atoms with Gasteiger partial charge in [-0.15, -0.1) is 11.3 Å². The molecule has 2 aliphatic heterocycles. The average Bonchev–Trinajstić information content (AvgIpc) is 3.49. The maximum Gasteiger partial charge on any atom is 0.272 e. The fraction of sp³-hybridized carbons (Fsp3) is 0.455. The molecule has 9 nitrogen and oxygen atoms in total. The molecular formula is C22H28N8OS. The number of carbonyl (C=O) groups excluding carboxylic acids is 1. The molecule has 2 saturated heterocycles. The van der Waals surface area contributed by atoms with Crippen molar-refractivity contribution in [2.45, 2.75) is 0 Å². The number of carbonyl (C=O) groups is 1. The number of rotatable bonds is 4. The molecule has 0 aliphatic carbocycles. The number of piperazine rings is 2. The van der Waals surface area contributed by atoms with Gasteiger partial charge in [-0.05, 0) is 24.6 Å². The number of aryl methyl sites for hydroxylation is 1. The maximum absolute atomic E-state index is 13.1. The monoisotopic (exact) mass is 452 g/mol. The van der Waals surface area contributed by atoms with Crippen molar-refractivity contribution in [3.63, 3.8) is 0 Å². The molecule has 168 valence electrons. The Hall–Kier alpha value is -2.98. The molecule has 3 aromatic heterocycles. The van der Waals surface area contributed by atoms with Gasteiger partial charge >= 0.3 is 0 Å². The van der Waals surface area contributed by atoms with E-state index in [2.05, 4.69) is 42.9 Å². The first-order chi connectivity index (χ1) is 15.6. The maximum atomic E-state index is 13.1. The van der Waals surface area contributed by atoms with E-state index in [-0.39, 0.29) is 5.91 Å². The molecule has 0 unspecified atom stereocenters. The number of aromatic nitrogens is 4. The third kappa shape index (κ3) is 4.20. The highest BCUT2D eigenvalue weighted by Gasteiger charge is 2.26. The van der Waals surface area contributed by atoms with Crippen molar-refractivity contribution < 1.29 is 4.79 Å². The third-order valence-corrected chi connectivity index (χ3v) is 7.12. The Morgan fingerprint density at radius 2 is 1.56 bits per heavy atom. The lowest BCUT2D eigenvalue weighted by molar-refractivity contribution is 0.0735. The van der Waals surface area contributed by atoms with Gasteiger partial charge in [0.15, 0.2) is 0 Å². The normalized spacial score (nSPS) is 17.8. The first kappa shape index (κ1) is 20.9. The number of anilines is 2. The topological polar surface area (TPSA) is 73.6 Å². The predicted molar refractivity (Wildman–Crippen MR) is 126 cm³/mol. The van der Waals surface area contributed by atoms with E-state index in [1.807, 2.05) is 35.5 Å². The average molecular weight is 453 g/mol. The minimum absolute atomic E-state index is 0.0308.